The summed E-state index contributed by atoms with van der Waals surface area (Å²) in [5.74, 6) is 0.708. The molecular formula is C18H28BrNO2. The molecule has 1 aliphatic heterocycles. The summed E-state index contributed by atoms with van der Waals surface area (Å²) in [6.07, 6.45) is 5.90. The highest BCUT2D eigenvalue weighted by atomic mass is 79.9. The van der Waals surface area contributed by atoms with Crippen LogP contribution in [-0.4, -0.2) is 37.0 Å². The number of likely N-dealkylation sites (N-methyl/N-ethyl adjacent to an activating group) is 1. The monoisotopic (exact) mass is 375 g/mol. The summed E-state index contributed by atoms with van der Waals surface area (Å²) in [7, 11) is -2.46. The largest absolute Gasteiger partial charge is 0.497 e. The Labute approximate surface area is 152 Å². The highest BCUT2D eigenvalue weighted by molar-refractivity contribution is 8.93. The molecule has 2 N–H and O–H groups in total. The zero-order chi connectivity index (χ0) is 18.7. The van der Waals surface area contributed by atoms with Crippen molar-refractivity contribution >= 4 is 17.0 Å². The van der Waals surface area contributed by atoms with E-state index in [4.69, 9.17) is 13.0 Å². The van der Waals surface area contributed by atoms with Gasteiger partial charge in [-0.15, -0.1) is 17.0 Å². The molecule has 124 valence electrons. The molecule has 1 heterocycles. The van der Waals surface area contributed by atoms with Crippen LogP contribution < -0.4 is 4.74 Å². The Balaban J connectivity index is 0.00000140. The van der Waals surface area contributed by atoms with Crippen molar-refractivity contribution in [2.75, 3.05) is 20.6 Å². The van der Waals surface area contributed by atoms with Gasteiger partial charge < -0.3 is 15.1 Å². The lowest BCUT2D eigenvalue weighted by Gasteiger charge is -2.58. The van der Waals surface area contributed by atoms with E-state index >= 15 is 0 Å². The molecule has 3 aliphatic rings. The molecule has 4 rings (SSSR count). The predicted octanol–water partition coefficient (Wildman–Crippen LogP) is 3.14. The lowest BCUT2D eigenvalue weighted by molar-refractivity contribution is 0.00274. The number of benzene rings is 1. The molecule has 22 heavy (non-hydrogen) atoms. The molecule has 1 saturated carbocycles. The van der Waals surface area contributed by atoms with Gasteiger partial charge in [-0.1, -0.05) is 18.9 Å². The number of likely N-dealkylation sites (tertiary alicyclic amines) is 1. The van der Waals surface area contributed by atoms with Gasteiger partial charge in [-0.25, -0.2) is 0 Å². The molecule has 0 spiro atoms. The van der Waals surface area contributed by atoms with Gasteiger partial charge in [0.05, 0.1) is 11.2 Å². The van der Waals surface area contributed by atoms with E-state index in [0.717, 1.165) is 37.7 Å². The lowest BCUT2D eigenvalue weighted by Crippen LogP contribution is -2.59. The molecular weight excluding hydrogens is 342 g/mol. The van der Waals surface area contributed by atoms with E-state index in [-0.39, 0.29) is 33.9 Å². The maximum absolute atomic E-state index is 7.95. The number of methoxy groups -OCH3 is 1. The van der Waals surface area contributed by atoms with Gasteiger partial charge in [-0.2, -0.15) is 0 Å². The van der Waals surface area contributed by atoms with Gasteiger partial charge in [0.1, 0.15) is 5.75 Å². The first-order valence-electron chi connectivity index (χ1n) is 10.7. The number of nitrogens with zero attached hydrogens (tertiary/aromatic N) is 1. The Kier molecular flexibility index (Phi) is 3.27. The van der Waals surface area contributed by atoms with Crippen molar-refractivity contribution in [2.45, 2.75) is 50.0 Å². The Morgan fingerprint density at radius 3 is 3.05 bits per heavy atom. The zero-order valence-electron chi connectivity index (χ0n) is 18.6. The fraction of sp³-hybridized carbons (Fsp3) is 0.667. The Hall–Kier alpha value is -0.580. The van der Waals surface area contributed by atoms with Gasteiger partial charge in [0.15, 0.2) is 0 Å². The minimum absolute atomic E-state index is 0. The van der Waals surface area contributed by atoms with Gasteiger partial charge in [0.25, 0.3) is 0 Å². The van der Waals surface area contributed by atoms with E-state index in [1.807, 2.05) is 12.1 Å². The minimum Gasteiger partial charge on any atom is -0.497 e. The van der Waals surface area contributed by atoms with Crippen LogP contribution in [0.4, 0.5) is 0 Å². The van der Waals surface area contributed by atoms with E-state index in [9.17, 15) is 0 Å². The summed E-state index contributed by atoms with van der Waals surface area (Å²) in [6, 6.07) is 5.61. The molecule has 1 aromatic carbocycles. The third kappa shape index (κ3) is 2.40. The molecule has 1 saturated heterocycles. The maximum Gasteiger partial charge on any atom is 0.119 e. The van der Waals surface area contributed by atoms with E-state index < -0.39 is 14.0 Å². The van der Waals surface area contributed by atoms with Crippen LogP contribution in [-0.2, 0) is 11.8 Å². The van der Waals surface area contributed by atoms with E-state index in [2.05, 4.69) is 0 Å². The van der Waals surface area contributed by atoms with Gasteiger partial charge in [0.2, 0.25) is 0 Å². The average molecular weight is 376 g/mol. The SMILES string of the molecule is Br.O.[2H]C([2H])([2H])Oc1ccc2c(c1)[C@]13CCCC[C@@H]1[C@H](C2)N(C([2H])([2H])[2H])CC3. The van der Waals surface area contributed by atoms with Crippen molar-refractivity contribution in [3.63, 3.8) is 0 Å². The van der Waals surface area contributed by atoms with Crippen molar-refractivity contribution in [3.05, 3.63) is 29.3 Å². The highest BCUT2D eigenvalue weighted by Crippen LogP contribution is 2.55. The van der Waals surface area contributed by atoms with Gasteiger partial charge >= 0.3 is 0 Å². The summed E-state index contributed by atoms with van der Waals surface area (Å²) in [5, 5.41) is 0. The lowest BCUT2D eigenvalue weighted by atomic mass is 9.52. The van der Waals surface area contributed by atoms with Crippen molar-refractivity contribution in [3.8, 4) is 5.75 Å². The standard InChI is InChI=1S/C18H25NO.BrH.H2O/c1-19-10-9-18-8-4-3-5-15(18)17(19)11-13-6-7-14(20-2)12-16(13)18;;/h6-7,12,15,17H,3-5,8-11H2,1-2H3;1H;1H2/t15-,17+,18+;;/m1../s1/i1D3,2D3;;. The maximum atomic E-state index is 7.95. The number of fused-ring (bicyclic) bond motifs is 1. The first kappa shape index (κ1) is 11.1. The van der Waals surface area contributed by atoms with Crippen LogP contribution in [0, 0.1) is 5.92 Å². The Bertz CT molecular complexity index is 710. The van der Waals surface area contributed by atoms with E-state index in [0.29, 0.717) is 24.6 Å². The molecule has 2 fully saturated rings. The van der Waals surface area contributed by atoms with E-state index in [1.165, 1.54) is 5.56 Å². The number of ether oxygens (including phenoxy) is 1. The smallest absolute Gasteiger partial charge is 0.119 e. The summed E-state index contributed by atoms with van der Waals surface area (Å²) < 4.78 is 51.1. The summed E-state index contributed by atoms with van der Waals surface area (Å²) in [6.45, 7) is -1.49. The molecule has 2 bridgehead atoms. The Morgan fingerprint density at radius 1 is 1.32 bits per heavy atom. The summed E-state index contributed by atoms with van der Waals surface area (Å²) in [5.41, 5.74) is 2.32. The summed E-state index contributed by atoms with van der Waals surface area (Å²) in [4.78, 5) is 1.73. The number of rotatable bonds is 1. The van der Waals surface area contributed by atoms with Crippen LogP contribution >= 0.6 is 17.0 Å². The summed E-state index contributed by atoms with van der Waals surface area (Å²) >= 11 is 0. The van der Waals surface area contributed by atoms with Crippen LogP contribution in [0.1, 0.15) is 51.5 Å². The second kappa shape index (κ2) is 6.50. The highest BCUT2D eigenvalue weighted by Gasteiger charge is 2.53. The number of hydrogen-bond acceptors (Lipinski definition) is 2. The first-order valence-corrected chi connectivity index (χ1v) is 7.69. The second-order valence-corrected chi connectivity index (χ2v) is 6.64. The second-order valence-electron chi connectivity index (χ2n) is 6.64. The third-order valence-electron chi connectivity index (χ3n) is 5.93. The third-order valence-corrected chi connectivity index (χ3v) is 5.93. The minimum atomic E-state index is -2.46. The van der Waals surface area contributed by atoms with Crippen molar-refractivity contribution in [1.82, 2.24) is 4.90 Å². The van der Waals surface area contributed by atoms with Crippen molar-refractivity contribution in [2.24, 2.45) is 5.92 Å². The van der Waals surface area contributed by atoms with Gasteiger partial charge in [0, 0.05) is 15.6 Å². The van der Waals surface area contributed by atoms with Gasteiger partial charge in [-0.3, -0.25) is 0 Å². The predicted molar refractivity (Wildman–Crippen MR) is 95.3 cm³/mol. The van der Waals surface area contributed by atoms with Gasteiger partial charge in [-0.05, 0) is 68.4 Å². The van der Waals surface area contributed by atoms with Crippen LogP contribution in [0.15, 0.2) is 18.2 Å². The van der Waals surface area contributed by atoms with Crippen LogP contribution in [0.3, 0.4) is 0 Å². The average Bonchev–Trinajstić information content (AvgIpc) is 2.53. The fourth-order valence-corrected chi connectivity index (χ4v) is 5.05. The normalized spacial score (nSPS) is 38.0. The molecule has 1 aromatic rings. The number of hydrogen-bond donors (Lipinski definition) is 0. The van der Waals surface area contributed by atoms with E-state index in [1.54, 1.807) is 11.0 Å². The quantitative estimate of drug-likeness (QED) is 0.756. The molecule has 4 heteroatoms. The van der Waals surface area contributed by atoms with Crippen LogP contribution in [0.25, 0.3) is 0 Å². The van der Waals surface area contributed by atoms with Crippen LogP contribution in [0.5, 0.6) is 5.75 Å². The van der Waals surface area contributed by atoms with Crippen LogP contribution in [0.2, 0.25) is 0 Å². The molecule has 2 aliphatic carbocycles. The molecule has 3 atom stereocenters. The zero-order valence-corrected chi connectivity index (χ0v) is 14.3. The molecule has 0 aromatic heterocycles. The first-order chi connectivity index (χ1) is 12.1. The molecule has 0 amide bonds. The fourth-order valence-electron chi connectivity index (χ4n) is 5.05. The number of halogens is 1. The number of piperidine rings is 1. The molecule has 0 radical (unpaired) electrons. The molecule has 3 nitrogen and oxygen atoms in total. The van der Waals surface area contributed by atoms with Crippen molar-refractivity contribution < 1.29 is 18.4 Å². The van der Waals surface area contributed by atoms with Crippen molar-refractivity contribution in [1.29, 1.82) is 0 Å². The molecule has 0 unspecified atom stereocenters. The Morgan fingerprint density at radius 2 is 2.23 bits per heavy atom. The topological polar surface area (TPSA) is 44.0 Å².